The highest BCUT2D eigenvalue weighted by Gasteiger charge is 2.37. The molecule has 3 heterocycles. The van der Waals surface area contributed by atoms with Crippen LogP contribution in [0.5, 0.6) is 5.75 Å². The van der Waals surface area contributed by atoms with Gasteiger partial charge >= 0.3 is 0 Å². The molecule has 33 heavy (non-hydrogen) atoms. The van der Waals surface area contributed by atoms with Crippen molar-refractivity contribution in [3.05, 3.63) is 42.9 Å². The van der Waals surface area contributed by atoms with E-state index in [2.05, 4.69) is 63.5 Å². The van der Waals surface area contributed by atoms with Gasteiger partial charge in [0, 0.05) is 40.6 Å². The second kappa shape index (κ2) is 9.86. The number of piperidine rings is 1. The molecule has 0 radical (unpaired) electrons. The lowest BCUT2D eigenvalue weighted by atomic mass is 9.80. The first-order chi connectivity index (χ1) is 15.6. The summed E-state index contributed by atoms with van der Waals surface area (Å²) >= 11 is 0. The fourth-order valence-electron chi connectivity index (χ4n) is 4.41. The molecule has 1 saturated heterocycles. The van der Waals surface area contributed by atoms with Crippen molar-refractivity contribution in [2.24, 2.45) is 0 Å². The standard InChI is InChI=1S/C22H27N7O.CH2O2/c1-21(2)11-15(12-22(3,4)29-21)26-20-25-13-17(27-28-20)16-7-6-14(10-18(16)30)19-23-8-5-9-24-19;2-1-3/h5-10,13,15,29-30H,11-12H2,1-4H3,(H,25,26,28);1H,(H,2,3). The molecule has 10 heteroatoms. The number of carboxylic acid groups (broad SMARTS) is 1. The van der Waals surface area contributed by atoms with E-state index in [0.29, 0.717) is 23.0 Å². The van der Waals surface area contributed by atoms with Crippen molar-refractivity contribution in [3.8, 4) is 28.4 Å². The minimum absolute atomic E-state index is 0.0305. The number of nitrogens with zero attached hydrogens (tertiary/aromatic N) is 5. The Kier molecular flexibility index (Phi) is 7.17. The number of nitrogens with one attached hydrogen (secondary N) is 2. The SMILES string of the molecule is CC1(C)CC(Nc2ncc(-c3ccc(-c4ncccn4)cc3O)nn2)CC(C)(C)N1.O=CO. The van der Waals surface area contributed by atoms with Crippen molar-refractivity contribution in [2.75, 3.05) is 5.32 Å². The maximum absolute atomic E-state index is 10.5. The van der Waals surface area contributed by atoms with Crippen LogP contribution in [0.25, 0.3) is 22.6 Å². The maximum Gasteiger partial charge on any atom is 0.290 e. The van der Waals surface area contributed by atoms with E-state index in [0.717, 1.165) is 18.4 Å². The van der Waals surface area contributed by atoms with Gasteiger partial charge in [0.05, 0.1) is 6.20 Å². The van der Waals surface area contributed by atoms with E-state index in [1.54, 1.807) is 36.8 Å². The number of phenols is 1. The fraction of sp³-hybridized carbons (Fsp3) is 0.391. The van der Waals surface area contributed by atoms with E-state index in [4.69, 9.17) is 9.90 Å². The summed E-state index contributed by atoms with van der Waals surface area (Å²) in [6, 6.07) is 7.25. The van der Waals surface area contributed by atoms with Crippen LogP contribution >= 0.6 is 0 Å². The zero-order valence-electron chi connectivity index (χ0n) is 19.1. The monoisotopic (exact) mass is 451 g/mol. The third kappa shape index (κ3) is 6.42. The van der Waals surface area contributed by atoms with Crippen LogP contribution in [-0.2, 0) is 4.79 Å². The molecule has 1 aliphatic heterocycles. The summed E-state index contributed by atoms with van der Waals surface area (Å²) in [7, 11) is 0. The van der Waals surface area contributed by atoms with Crippen LogP contribution in [-0.4, -0.2) is 59.0 Å². The normalized spacial score (nSPS) is 16.8. The van der Waals surface area contributed by atoms with Gasteiger partial charge in [0.2, 0.25) is 5.95 Å². The molecule has 1 aliphatic rings. The average molecular weight is 452 g/mol. The lowest BCUT2D eigenvalue weighted by Gasteiger charge is -2.46. The highest BCUT2D eigenvalue weighted by molar-refractivity contribution is 5.71. The average Bonchev–Trinajstić information content (AvgIpc) is 2.73. The Labute approximate surface area is 192 Å². The van der Waals surface area contributed by atoms with Crippen molar-refractivity contribution in [2.45, 2.75) is 57.7 Å². The molecular weight excluding hydrogens is 422 g/mol. The minimum Gasteiger partial charge on any atom is -0.507 e. The van der Waals surface area contributed by atoms with Crippen LogP contribution in [0.1, 0.15) is 40.5 Å². The topological polar surface area (TPSA) is 146 Å². The first-order valence-corrected chi connectivity index (χ1v) is 10.6. The summed E-state index contributed by atoms with van der Waals surface area (Å²) in [5.74, 6) is 1.13. The predicted octanol–water partition coefficient (Wildman–Crippen LogP) is 3.12. The molecular formula is C23H29N7O3. The lowest BCUT2D eigenvalue weighted by Crippen LogP contribution is -2.60. The van der Waals surface area contributed by atoms with Crippen LogP contribution in [0.15, 0.2) is 42.9 Å². The van der Waals surface area contributed by atoms with Gasteiger partial charge in [0.1, 0.15) is 11.4 Å². The van der Waals surface area contributed by atoms with Gasteiger partial charge in [-0.1, -0.05) is 6.07 Å². The summed E-state index contributed by atoms with van der Waals surface area (Å²) < 4.78 is 0. The lowest BCUT2D eigenvalue weighted by molar-refractivity contribution is -0.122. The zero-order valence-corrected chi connectivity index (χ0v) is 19.1. The van der Waals surface area contributed by atoms with Crippen molar-refractivity contribution < 1.29 is 15.0 Å². The number of aromatic nitrogens is 5. The Bertz CT molecular complexity index is 1060. The van der Waals surface area contributed by atoms with Crippen LogP contribution in [0.2, 0.25) is 0 Å². The molecule has 174 valence electrons. The van der Waals surface area contributed by atoms with Crippen molar-refractivity contribution >= 4 is 12.4 Å². The summed E-state index contributed by atoms with van der Waals surface area (Å²) in [4.78, 5) is 21.2. The number of hydrogen-bond acceptors (Lipinski definition) is 9. The first kappa shape index (κ1) is 24.0. The number of aromatic hydroxyl groups is 1. The van der Waals surface area contributed by atoms with Crippen LogP contribution < -0.4 is 10.6 Å². The molecule has 2 aromatic heterocycles. The molecule has 4 rings (SSSR count). The molecule has 3 aromatic rings. The molecule has 0 saturated carbocycles. The van der Waals surface area contributed by atoms with Gasteiger partial charge in [-0.25, -0.2) is 15.0 Å². The van der Waals surface area contributed by atoms with E-state index in [9.17, 15) is 5.11 Å². The van der Waals surface area contributed by atoms with Crippen LogP contribution in [0.3, 0.4) is 0 Å². The number of benzene rings is 1. The second-order valence-electron chi connectivity index (χ2n) is 9.22. The van der Waals surface area contributed by atoms with Gasteiger partial charge in [0.25, 0.3) is 6.47 Å². The van der Waals surface area contributed by atoms with E-state index in [1.165, 1.54) is 0 Å². The predicted molar refractivity (Wildman–Crippen MR) is 125 cm³/mol. The van der Waals surface area contributed by atoms with Crippen molar-refractivity contribution in [1.82, 2.24) is 30.5 Å². The molecule has 0 spiro atoms. The zero-order chi connectivity index (χ0) is 24.1. The number of anilines is 1. The molecule has 0 amide bonds. The Morgan fingerprint density at radius 1 is 1.06 bits per heavy atom. The van der Waals surface area contributed by atoms with Gasteiger partial charge in [-0.2, -0.15) is 0 Å². The van der Waals surface area contributed by atoms with Gasteiger partial charge in [-0.3, -0.25) is 4.79 Å². The Morgan fingerprint density at radius 3 is 2.24 bits per heavy atom. The van der Waals surface area contributed by atoms with E-state index >= 15 is 0 Å². The first-order valence-electron chi connectivity index (χ1n) is 10.6. The third-order valence-corrected chi connectivity index (χ3v) is 5.18. The molecule has 4 N–H and O–H groups in total. The smallest absolute Gasteiger partial charge is 0.290 e. The Balaban J connectivity index is 0.000000968. The van der Waals surface area contributed by atoms with Crippen LogP contribution in [0.4, 0.5) is 5.95 Å². The van der Waals surface area contributed by atoms with Gasteiger partial charge in [-0.05, 0) is 58.7 Å². The summed E-state index contributed by atoms with van der Waals surface area (Å²) in [6.45, 7) is 8.57. The minimum atomic E-state index is -0.250. The largest absolute Gasteiger partial charge is 0.507 e. The number of hydrogen-bond donors (Lipinski definition) is 4. The summed E-state index contributed by atoms with van der Waals surface area (Å²) in [5.41, 5.74) is 1.85. The molecule has 1 aromatic carbocycles. The van der Waals surface area contributed by atoms with E-state index < -0.39 is 0 Å². The molecule has 0 bridgehead atoms. The highest BCUT2D eigenvalue weighted by Crippen LogP contribution is 2.32. The maximum atomic E-state index is 10.5. The van der Waals surface area contributed by atoms with Gasteiger partial charge < -0.3 is 20.8 Å². The molecule has 10 nitrogen and oxygen atoms in total. The summed E-state index contributed by atoms with van der Waals surface area (Å²) in [6.07, 6.45) is 6.88. The summed E-state index contributed by atoms with van der Waals surface area (Å²) in [5, 5.41) is 33.0. The fourth-order valence-corrected chi connectivity index (χ4v) is 4.41. The highest BCUT2D eigenvalue weighted by atomic mass is 16.3. The van der Waals surface area contributed by atoms with Crippen molar-refractivity contribution in [1.29, 1.82) is 0 Å². The van der Waals surface area contributed by atoms with Gasteiger partial charge in [0.15, 0.2) is 5.82 Å². The molecule has 0 unspecified atom stereocenters. The number of carbonyl (C=O) groups is 1. The molecule has 0 atom stereocenters. The molecule has 1 fully saturated rings. The molecule has 0 aliphatic carbocycles. The quantitative estimate of drug-likeness (QED) is 0.436. The Hall–Kier alpha value is -3.66. The van der Waals surface area contributed by atoms with E-state index in [1.807, 2.05) is 6.07 Å². The number of phenolic OH excluding ortho intramolecular Hbond substituents is 1. The second-order valence-corrected chi connectivity index (χ2v) is 9.22. The Morgan fingerprint density at radius 2 is 1.70 bits per heavy atom. The van der Waals surface area contributed by atoms with E-state index in [-0.39, 0.29) is 29.3 Å². The van der Waals surface area contributed by atoms with Gasteiger partial charge in [-0.15, -0.1) is 10.2 Å². The number of rotatable bonds is 4. The van der Waals surface area contributed by atoms with Crippen LogP contribution in [0, 0.1) is 0 Å². The third-order valence-electron chi connectivity index (χ3n) is 5.18. The van der Waals surface area contributed by atoms with Crippen molar-refractivity contribution in [3.63, 3.8) is 0 Å².